The summed E-state index contributed by atoms with van der Waals surface area (Å²) in [6.07, 6.45) is 10.1. The van der Waals surface area contributed by atoms with E-state index in [9.17, 15) is 9.90 Å². The molecule has 0 radical (unpaired) electrons. The van der Waals surface area contributed by atoms with E-state index in [0.717, 1.165) is 49.9 Å². The predicted molar refractivity (Wildman–Crippen MR) is 111 cm³/mol. The van der Waals surface area contributed by atoms with E-state index in [4.69, 9.17) is 9.47 Å². The average molecular weight is 412 g/mol. The lowest BCUT2D eigenvalue weighted by atomic mass is 9.82. The lowest BCUT2D eigenvalue weighted by Gasteiger charge is -2.27. The molecule has 2 aliphatic carbocycles. The van der Waals surface area contributed by atoms with Crippen LogP contribution in [0.3, 0.4) is 0 Å². The Balaban J connectivity index is 1.30. The van der Waals surface area contributed by atoms with Crippen LogP contribution >= 0.6 is 0 Å². The van der Waals surface area contributed by atoms with Crippen molar-refractivity contribution in [3.05, 3.63) is 42.0 Å². The fraction of sp³-hybridized carbons (Fsp3) is 0.565. The van der Waals surface area contributed by atoms with Crippen molar-refractivity contribution in [2.75, 3.05) is 13.7 Å². The number of carboxylic acids is 1. The molecule has 0 spiro atoms. The maximum absolute atomic E-state index is 11.2. The van der Waals surface area contributed by atoms with Gasteiger partial charge >= 0.3 is 5.97 Å². The van der Waals surface area contributed by atoms with Gasteiger partial charge in [-0.3, -0.25) is 4.79 Å². The van der Waals surface area contributed by atoms with Crippen LogP contribution in [0.15, 0.2) is 30.6 Å². The smallest absolute Gasteiger partial charge is 0.303 e. The second-order valence-corrected chi connectivity index (χ2v) is 8.46. The van der Waals surface area contributed by atoms with Gasteiger partial charge in [0, 0.05) is 30.4 Å². The van der Waals surface area contributed by atoms with Crippen LogP contribution in [0.2, 0.25) is 0 Å². The number of pyridine rings is 1. The number of aromatic nitrogens is 3. The van der Waals surface area contributed by atoms with Crippen LogP contribution < -0.4 is 9.47 Å². The fourth-order valence-electron chi connectivity index (χ4n) is 4.44. The van der Waals surface area contributed by atoms with E-state index in [2.05, 4.69) is 15.0 Å². The molecular weight excluding hydrogens is 382 g/mol. The third kappa shape index (κ3) is 5.26. The second kappa shape index (κ2) is 9.41. The number of nitrogens with zero attached hydrogens (tertiary/aromatic N) is 3. The molecule has 0 aliphatic heterocycles. The van der Waals surface area contributed by atoms with Crippen molar-refractivity contribution >= 4 is 5.97 Å². The summed E-state index contributed by atoms with van der Waals surface area (Å²) in [7, 11) is 1.62. The molecular formula is C23H29N3O4. The van der Waals surface area contributed by atoms with Crippen molar-refractivity contribution in [1.82, 2.24) is 15.0 Å². The van der Waals surface area contributed by atoms with E-state index in [1.807, 2.05) is 12.1 Å². The predicted octanol–water partition coefficient (Wildman–Crippen LogP) is 4.20. The summed E-state index contributed by atoms with van der Waals surface area (Å²) in [6, 6.07) is 5.63. The number of carboxylic acid groups (broad SMARTS) is 1. The summed E-state index contributed by atoms with van der Waals surface area (Å²) in [5.41, 5.74) is 1.03. The molecule has 0 unspecified atom stereocenters. The molecule has 2 fully saturated rings. The quantitative estimate of drug-likeness (QED) is 0.661. The van der Waals surface area contributed by atoms with Gasteiger partial charge in [0.1, 0.15) is 5.82 Å². The third-order valence-electron chi connectivity index (χ3n) is 6.31. The van der Waals surface area contributed by atoms with Gasteiger partial charge in [-0.25, -0.2) is 9.97 Å². The summed E-state index contributed by atoms with van der Waals surface area (Å²) in [4.78, 5) is 24.5. The molecule has 1 atom stereocenters. The third-order valence-corrected chi connectivity index (χ3v) is 6.31. The Morgan fingerprint density at radius 3 is 2.57 bits per heavy atom. The van der Waals surface area contributed by atoms with Gasteiger partial charge in [0.25, 0.3) is 0 Å². The Bertz CT molecular complexity index is 863. The van der Waals surface area contributed by atoms with Gasteiger partial charge in [0.05, 0.1) is 20.1 Å². The van der Waals surface area contributed by atoms with Crippen molar-refractivity contribution in [3.8, 4) is 11.8 Å². The first-order valence-electron chi connectivity index (χ1n) is 10.8. The Kier molecular flexibility index (Phi) is 6.45. The zero-order valence-electron chi connectivity index (χ0n) is 17.4. The molecule has 30 heavy (non-hydrogen) atoms. The Morgan fingerprint density at radius 1 is 1.10 bits per heavy atom. The Morgan fingerprint density at radius 2 is 1.87 bits per heavy atom. The molecule has 4 rings (SSSR count). The number of hydrogen-bond acceptors (Lipinski definition) is 6. The van der Waals surface area contributed by atoms with Gasteiger partial charge in [0.2, 0.25) is 11.8 Å². The van der Waals surface area contributed by atoms with E-state index in [0.29, 0.717) is 36.1 Å². The Labute approximate surface area is 176 Å². The molecule has 2 aromatic rings. The minimum absolute atomic E-state index is 0.0613. The summed E-state index contributed by atoms with van der Waals surface area (Å²) in [6.45, 7) is 0.634. The number of hydrogen-bond donors (Lipinski definition) is 1. The number of methoxy groups -OCH3 is 1. The first-order chi connectivity index (χ1) is 14.6. The SMILES string of the molecule is COc1ccnc(C2CCC(COc3cc([C@@H](CC(=O)O)C4CC4)ccn3)CC2)n1. The zero-order valence-corrected chi connectivity index (χ0v) is 17.4. The van der Waals surface area contributed by atoms with Crippen LogP contribution in [0.1, 0.15) is 68.2 Å². The van der Waals surface area contributed by atoms with E-state index < -0.39 is 5.97 Å². The van der Waals surface area contributed by atoms with Gasteiger partial charge in [-0.1, -0.05) is 0 Å². The molecule has 0 saturated heterocycles. The molecule has 160 valence electrons. The molecule has 7 nitrogen and oxygen atoms in total. The van der Waals surface area contributed by atoms with Crippen molar-refractivity contribution in [3.63, 3.8) is 0 Å². The van der Waals surface area contributed by atoms with Gasteiger partial charge in [-0.05, 0) is 67.9 Å². The van der Waals surface area contributed by atoms with Crippen LogP contribution in [0, 0.1) is 11.8 Å². The van der Waals surface area contributed by atoms with Gasteiger partial charge in [-0.15, -0.1) is 0 Å². The largest absolute Gasteiger partial charge is 0.481 e. The minimum Gasteiger partial charge on any atom is -0.481 e. The molecule has 2 aliphatic rings. The summed E-state index contributed by atoms with van der Waals surface area (Å²) in [5, 5.41) is 9.23. The maximum atomic E-state index is 11.2. The molecule has 0 bridgehead atoms. The van der Waals surface area contributed by atoms with Crippen molar-refractivity contribution in [2.24, 2.45) is 11.8 Å². The summed E-state index contributed by atoms with van der Waals surface area (Å²) < 4.78 is 11.2. The molecule has 0 amide bonds. The lowest BCUT2D eigenvalue weighted by molar-refractivity contribution is -0.137. The van der Waals surface area contributed by atoms with Gasteiger partial charge < -0.3 is 14.6 Å². The van der Waals surface area contributed by atoms with E-state index in [-0.39, 0.29) is 12.3 Å². The molecule has 2 aromatic heterocycles. The topological polar surface area (TPSA) is 94.4 Å². The van der Waals surface area contributed by atoms with Gasteiger partial charge in [-0.2, -0.15) is 4.98 Å². The van der Waals surface area contributed by atoms with E-state index in [1.54, 1.807) is 25.6 Å². The molecule has 2 heterocycles. The standard InChI is InChI=1S/C23H29N3O4/c1-29-20-9-11-25-23(26-20)17-4-2-15(3-5-17)14-30-21-12-18(8-10-24-21)19(13-22(27)28)16-6-7-16/h8-12,15-17,19H,2-7,13-14H2,1H3,(H,27,28)/t15?,17?,19-/m0/s1. The zero-order chi connectivity index (χ0) is 20.9. The average Bonchev–Trinajstić information content (AvgIpc) is 3.62. The highest BCUT2D eigenvalue weighted by atomic mass is 16.5. The van der Waals surface area contributed by atoms with Crippen molar-refractivity contribution in [1.29, 1.82) is 0 Å². The lowest BCUT2D eigenvalue weighted by Crippen LogP contribution is -2.20. The minimum atomic E-state index is -0.747. The first kappa shape index (κ1) is 20.6. The van der Waals surface area contributed by atoms with Gasteiger partial charge in [0.15, 0.2) is 0 Å². The fourth-order valence-corrected chi connectivity index (χ4v) is 4.44. The highest BCUT2D eigenvalue weighted by Crippen LogP contribution is 2.45. The summed E-state index contributed by atoms with van der Waals surface area (Å²) in [5.74, 6) is 2.72. The number of aliphatic carboxylic acids is 1. The second-order valence-electron chi connectivity index (χ2n) is 8.46. The normalized spacial score (nSPS) is 22.3. The number of rotatable bonds is 9. The summed E-state index contributed by atoms with van der Waals surface area (Å²) >= 11 is 0. The van der Waals surface area contributed by atoms with E-state index in [1.165, 1.54) is 0 Å². The monoisotopic (exact) mass is 411 g/mol. The Hall–Kier alpha value is -2.70. The van der Waals surface area contributed by atoms with Crippen LogP contribution in [0.4, 0.5) is 0 Å². The molecule has 0 aromatic carbocycles. The number of carbonyl (C=O) groups is 1. The van der Waals surface area contributed by atoms with Crippen LogP contribution in [0.5, 0.6) is 11.8 Å². The van der Waals surface area contributed by atoms with Crippen LogP contribution in [-0.4, -0.2) is 39.7 Å². The highest BCUT2D eigenvalue weighted by Gasteiger charge is 2.34. The molecule has 1 N–H and O–H groups in total. The molecule has 2 saturated carbocycles. The van der Waals surface area contributed by atoms with Crippen LogP contribution in [-0.2, 0) is 4.79 Å². The van der Waals surface area contributed by atoms with Crippen molar-refractivity contribution in [2.45, 2.75) is 56.8 Å². The first-order valence-corrected chi connectivity index (χ1v) is 10.8. The maximum Gasteiger partial charge on any atom is 0.303 e. The van der Waals surface area contributed by atoms with E-state index >= 15 is 0 Å². The highest BCUT2D eigenvalue weighted by molar-refractivity contribution is 5.68. The number of ether oxygens (including phenoxy) is 2. The molecule has 7 heteroatoms. The van der Waals surface area contributed by atoms with Crippen LogP contribution in [0.25, 0.3) is 0 Å². The van der Waals surface area contributed by atoms with Crippen molar-refractivity contribution < 1.29 is 19.4 Å².